The van der Waals surface area contributed by atoms with Crippen molar-refractivity contribution in [3.05, 3.63) is 53.1 Å². The molecule has 29 heavy (non-hydrogen) atoms. The van der Waals surface area contributed by atoms with Gasteiger partial charge in [-0.25, -0.2) is 23.1 Å². The summed E-state index contributed by atoms with van der Waals surface area (Å²) in [7, 11) is 0. The van der Waals surface area contributed by atoms with Gasteiger partial charge in [-0.15, -0.1) is 0 Å². The maximum Gasteiger partial charge on any atom is 0.266 e. The van der Waals surface area contributed by atoms with Crippen molar-refractivity contribution < 1.29 is 14.5 Å². The summed E-state index contributed by atoms with van der Waals surface area (Å²) in [6.45, 7) is 7.26. The number of benzene rings is 2. The van der Waals surface area contributed by atoms with Crippen LogP contribution < -0.4 is 16.4 Å². The zero-order valence-corrected chi connectivity index (χ0v) is 16.6. The van der Waals surface area contributed by atoms with Crippen LogP contribution in [0.25, 0.3) is 10.9 Å². The molecule has 2 aromatic carbocycles. The molecule has 0 aliphatic rings. The van der Waals surface area contributed by atoms with E-state index in [0.717, 1.165) is 6.07 Å². The summed E-state index contributed by atoms with van der Waals surface area (Å²) in [5, 5.41) is 6.92. The number of nitrogens with zero attached hydrogens (tertiary/aromatic N) is 2. The van der Waals surface area contributed by atoms with Crippen LogP contribution in [0.1, 0.15) is 51.6 Å². The molecule has 1 atom stereocenters. The van der Waals surface area contributed by atoms with E-state index in [1.165, 1.54) is 6.07 Å². The van der Waals surface area contributed by atoms with Gasteiger partial charge < -0.3 is 16.4 Å². The average molecular weight is 404 g/mol. The van der Waals surface area contributed by atoms with Crippen molar-refractivity contribution in [2.75, 3.05) is 16.4 Å². The molecule has 154 valence electrons. The van der Waals surface area contributed by atoms with E-state index in [-0.39, 0.29) is 23.3 Å². The number of fused-ring (bicyclic) bond motifs is 1. The minimum absolute atomic E-state index is 0.0207. The number of rotatable bonds is 6. The number of alkyl halides is 2. The van der Waals surface area contributed by atoms with Crippen molar-refractivity contribution in [2.45, 2.75) is 46.2 Å². The molecular formula is C21H24F3N5. The normalized spacial score (nSPS) is 13.1. The predicted molar refractivity (Wildman–Crippen MR) is 111 cm³/mol. The number of hydrogen-bond donors (Lipinski definition) is 3. The van der Waals surface area contributed by atoms with E-state index in [0.29, 0.717) is 28.2 Å². The molecule has 3 aromatic rings. The minimum atomic E-state index is -2.97. The van der Waals surface area contributed by atoms with Crippen LogP contribution in [0.5, 0.6) is 0 Å². The van der Waals surface area contributed by atoms with E-state index in [1.54, 1.807) is 26.0 Å². The van der Waals surface area contributed by atoms with E-state index in [9.17, 15) is 13.2 Å². The number of nitrogens with two attached hydrogens (primary N) is 1. The Balaban J connectivity index is 2.07. The number of aromatic nitrogens is 2. The molecule has 0 bridgehead atoms. The average Bonchev–Trinajstić information content (AvgIpc) is 2.63. The fraction of sp³-hybridized carbons (Fsp3) is 0.333. The molecule has 0 saturated heterocycles. The third-order valence-electron chi connectivity index (χ3n) is 4.39. The van der Waals surface area contributed by atoms with Crippen LogP contribution in [0.4, 0.5) is 30.4 Å². The van der Waals surface area contributed by atoms with Gasteiger partial charge in [0.15, 0.2) is 0 Å². The number of nitrogen functional groups attached to an aromatic ring is 1. The van der Waals surface area contributed by atoms with E-state index >= 15 is 0 Å². The highest BCUT2D eigenvalue weighted by atomic mass is 19.3. The standard InChI is InChI=1S/C21H24F3N5/c1-10(2)26-14-5-6-18-16(9-14)21(29-12(4)28-18)27-11(3)15-7-13(25)8-17(19(15)22)20(23)24/h5-11,20,26H,25H2,1-4H3,(H,27,28,29)/t11-/m1/s1/i5D. The predicted octanol–water partition coefficient (Wildman–Crippen LogP) is 5.59. The second kappa shape index (κ2) is 8.14. The van der Waals surface area contributed by atoms with Crippen LogP contribution >= 0.6 is 0 Å². The lowest BCUT2D eigenvalue weighted by molar-refractivity contribution is 0.146. The van der Waals surface area contributed by atoms with Crippen molar-refractivity contribution in [1.29, 1.82) is 0 Å². The van der Waals surface area contributed by atoms with Gasteiger partial charge in [-0.3, -0.25) is 0 Å². The lowest BCUT2D eigenvalue weighted by Gasteiger charge is -2.20. The maximum atomic E-state index is 14.7. The monoisotopic (exact) mass is 404 g/mol. The summed E-state index contributed by atoms with van der Waals surface area (Å²) in [6.07, 6.45) is -2.97. The first-order valence-electron chi connectivity index (χ1n) is 9.75. The minimum Gasteiger partial charge on any atom is -0.399 e. The fourth-order valence-corrected chi connectivity index (χ4v) is 3.14. The summed E-state index contributed by atoms with van der Waals surface area (Å²) < 4.78 is 49.2. The van der Waals surface area contributed by atoms with Crippen LogP contribution in [-0.4, -0.2) is 16.0 Å². The summed E-state index contributed by atoms with van der Waals surface area (Å²) in [6, 6.07) is 5.37. The molecule has 0 spiro atoms. The van der Waals surface area contributed by atoms with Crippen molar-refractivity contribution in [2.24, 2.45) is 0 Å². The van der Waals surface area contributed by atoms with Gasteiger partial charge in [-0.1, -0.05) is 0 Å². The topological polar surface area (TPSA) is 75.9 Å². The van der Waals surface area contributed by atoms with E-state index < -0.39 is 23.8 Å². The molecule has 0 unspecified atom stereocenters. The molecule has 8 heteroatoms. The molecule has 0 radical (unpaired) electrons. The quantitative estimate of drug-likeness (QED) is 0.467. The van der Waals surface area contributed by atoms with Crippen LogP contribution in [0, 0.1) is 12.7 Å². The summed E-state index contributed by atoms with van der Waals surface area (Å²) in [5.41, 5.74) is 6.22. The molecule has 1 heterocycles. The Morgan fingerprint density at radius 3 is 2.41 bits per heavy atom. The van der Waals surface area contributed by atoms with Gasteiger partial charge in [-0.2, -0.15) is 0 Å². The van der Waals surface area contributed by atoms with E-state index in [1.807, 2.05) is 13.8 Å². The Morgan fingerprint density at radius 2 is 1.76 bits per heavy atom. The Hall–Kier alpha value is -3.03. The number of anilines is 3. The first-order chi connectivity index (χ1) is 14.1. The highest BCUT2D eigenvalue weighted by Gasteiger charge is 2.22. The second-order valence-electron chi connectivity index (χ2n) is 7.24. The number of halogens is 3. The summed E-state index contributed by atoms with van der Waals surface area (Å²) in [5.74, 6) is -0.121. The molecular weight excluding hydrogens is 379 g/mol. The zero-order chi connectivity index (χ0) is 22.2. The summed E-state index contributed by atoms with van der Waals surface area (Å²) >= 11 is 0. The molecule has 0 amide bonds. The first-order valence-corrected chi connectivity index (χ1v) is 9.25. The van der Waals surface area contributed by atoms with E-state index in [4.69, 9.17) is 7.10 Å². The molecule has 0 aliphatic carbocycles. The maximum absolute atomic E-state index is 14.7. The number of aryl methyl sites for hydroxylation is 1. The van der Waals surface area contributed by atoms with Gasteiger partial charge in [0.1, 0.15) is 17.5 Å². The number of nitrogens with one attached hydrogen (secondary N) is 2. The van der Waals surface area contributed by atoms with Crippen molar-refractivity contribution in [3.63, 3.8) is 0 Å². The largest absolute Gasteiger partial charge is 0.399 e. The fourth-order valence-electron chi connectivity index (χ4n) is 3.14. The summed E-state index contributed by atoms with van der Waals surface area (Å²) in [4.78, 5) is 8.79. The lowest BCUT2D eigenvalue weighted by atomic mass is 10.0. The van der Waals surface area contributed by atoms with E-state index in [2.05, 4.69) is 20.6 Å². The highest BCUT2D eigenvalue weighted by molar-refractivity contribution is 5.91. The number of hydrogen-bond acceptors (Lipinski definition) is 5. The van der Waals surface area contributed by atoms with Gasteiger partial charge in [0.05, 0.1) is 18.5 Å². The Morgan fingerprint density at radius 1 is 1.07 bits per heavy atom. The van der Waals surface area contributed by atoms with Crippen LogP contribution in [0.2, 0.25) is 0 Å². The van der Waals surface area contributed by atoms with Crippen molar-refractivity contribution in [3.8, 4) is 0 Å². The second-order valence-corrected chi connectivity index (χ2v) is 7.24. The Kier molecular flexibility index (Phi) is 5.42. The molecule has 5 nitrogen and oxygen atoms in total. The van der Waals surface area contributed by atoms with Crippen LogP contribution in [0.15, 0.2) is 30.3 Å². The smallest absolute Gasteiger partial charge is 0.266 e. The molecule has 0 aliphatic heterocycles. The van der Waals surface area contributed by atoms with Gasteiger partial charge in [-0.05, 0) is 58.0 Å². The molecule has 4 N–H and O–H groups in total. The van der Waals surface area contributed by atoms with Crippen molar-refractivity contribution >= 4 is 28.1 Å². The highest BCUT2D eigenvalue weighted by Crippen LogP contribution is 2.33. The lowest BCUT2D eigenvalue weighted by Crippen LogP contribution is -2.13. The van der Waals surface area contributed by atoms with Gasteiger partial charge in [0.25, 0.3) is 6.43 Å². The zero-order valence-electron chi connectivity index (χ0n) is 17.6. The molecule has 0 fully saturated rings. The first kappa shape index (κ1) is 19.3. The SMILES string of the molecule is [2H]c1cc2nc(C)nc(N[C@H](C)c3cc(N)cc(C(F)F)c3F)c2cc1NC(C)C. The van der Waals surface area contributed by atoms with Crippen molar-refractivity contribution in [1.82, 2.24) is 9.97 Å². The van der Waals surface area contributed by atoms with Gasteiger partial charge in [0, 0.05) is 28.4 Å². The van der Waals surface area contributed by atoms with Crippen LogP contribution in [-0.2, 0) is 0 Å². The van der Waals surface area contributed by atoms with Gasteiger partial charge >= 0.3 is 0 Å². The molecule has 3 rings (SSSR count). The Bertz CT molecular complexity index is 1090. The Labute approximate surface area is 169 Å². The third kappa shape index (κ3) is 4.52. The third-order valence-corrected chi connectivity index (χ3v) is 4.39. The van der Waals surface area contributed by atoms with Crippen LogP contribution in [0.3, 0.4) is 0 Å². The molecule has 1 aromatic heterocycles. The van der Waals surface area contributed by atoms with Gasteiger partial charge in [0.2, 0.25) is 0 Å². The molecule has 0 saturated carbocycles.